The molecule has 0 radical (unpaired) electrons. The Kier molecular flexibility index (Phi) is 9.14. The average Bonchev–Trinajstić information content (AvgIpc) is 3.82. The molecule has 0 aliphatic heterocycles. The topological polar surface area (TPSA) is 81.2 Å². The molecular formula is C53H27F6N5. The van der Waals surface area contributed by atoms with E-state index in [-0.39, 0.29) is 16.9 Å². The minimum absolute atomic E-state index is 0.0142. The van der Waals surface area contributed by atoms with Crippen molar-refractivity contribution < 1.29 is 26.3 Å². The van der Waals surface area contributed by atoms with Gasteiger partial charge in [0.25, 0.3) is 0 Å². The Balaban J connectivity index is 1.37. The molecule has 0 atom stereocenters. The standard InChI is InChI=1S/C53H27F6N5/c54-52(55,56)43-8-5-9-44(53(57,58)59)51(43)37-26-49(63-45-10-3-1-6-38(45)40-22-20-35(24-47(40)63)33-16-12-31(28-60)13-17-33)42(30-62)50(27-37)64-46-11-4-2-7-39(46)41-23-21-36(25-48(41)64)34-18-14-32(29-61)15-19-34/h1-27H. The molecule has 0 unspecified atom stereocenters. The van der Waals surface area contributed by atoms with Crippen molar-refractivity contribution in [3.05, 3.63) is 192 Å². The fourth-order valence-corrected chi connectivity index (χ4v) is 8.85. The van der Waals surface area contributed by atoms with Crippen LogP contribution in [0.1, 0.15) is 27.8 Å². The van der Waals surface area contributed by atoms with E-state index in [2.05, 4.69) is 18.2 Å². The second kappa shape index (κ2) is 14.8. The van der Waals surface area contributed by atoms with Crippen LogP contribution in [0.25, 0.3) is 88.4 Å². The van der Waals surface area contributed by atoms with Gasteiger partial charge in [-0.2, -0.15) is 42.1 Å². The Hall–Kier alpha value is -8.59. The summed E-state index contributed by atoms with van der Waals surface area (Å²) in [7, 11) is 0. The molecule has 10 rings (SSSR count). The monoisotopic (exact) mass is 847 g/mol. The number of hydrogen-bond acceptors (Lipinski definition) is 3. The van der Waals surface area contributed by atoms with Crippen LogP contribution in [-0.4, -0.2) is 9.13 Å². The van der Waals surface area contributed by atoms with E-state index in [1.807, 2.05) is 60.7 Å². The molecule has 306 valence electrons. The smallest absolute Gasteiger partial charge is 0.308 e. The number of halogens is 6. The molecule has 0 saturated carbocycles. The fraction of sp³-hybridized carbons (Fsp3) is 0.0377. The Morgan fingerprint density at radius 3 is 1.14 bits per heavy atom. The number of alkyl halides is 6. The molecule has 2 aromatic heterocycles. The van der Waals surface area contributed by atoms with Crippen LogP contribution < -0.4 is 0 Å². The van der Waals surface area contributed by atoms with Gasteiger partial charge in [0.2, 0.25) is 0 Å². The largest absolute Gasteiger partial charge is 0.417 e. The zero-order valence-corrected chi connectivity index (χ0v) is 33.1. The summed E-state index contributed by atoms with van der Waals surface area (Å²) >= 11 is 0. The zero-order valence-electron chi connectivity index (χ0n) is 33.1. The summed E-state index contributed by atoms with van der Waals surface area (Å²) in [6, 6.07) is 50.7. The number of nitriles is 3. The second-order valence-electron chi connectivity index (χ2n) is 15.3. The van der Waals surface area contributed by atoms with Crippen LogP contribution in [0.5, 0.6) is 0 Å². The minimum atomic E-state index is -5.20. The highest BCUT2D eigenvalue weighted by Gasteiger charge is 2.41. The van der Waals surface area contributed by atoms with Crippen molar-refractivity contribution in [3.63, 3.8) is 0 Å². The summed E-state index contributed by atoms with van der Waals surface area (Å²) in [5, 5.41) is 33.2. The number of para-hydroxylation sites is 2. The molecule has 0 aliphatic carbocycles. The van der Waals surface area contributed by atoms with Crippen molar-refractivity contribution in [2.75, 3.05) is 0 Å². The Labute approximate surface area is 360 Å². The summed E-state index contributed by atoms with van der Waals surface area (Å²) in [4.78, 5) is 0. The minimum Gasteiger partial charge on any atom is -0.308 e. The van der Waals surface area contributed by atoms with Crippen LogP contribution >= 0.6 is 0 Å². The van der Waals surface area contributed by atoms with Crippen LogP contribution in [0.15, 0.2) is 164 Å². The third kappa shape index (κ3) is 6.40. The van der Waals surface area contributed by atoms with Gasteiger partial charge >= 0.3 is 12.4 Å². The van der Waals surface area contributed by atoms with Gasteiger partial charge in [-0.1, -0.05) is 91.0 Å². The lowest BCUT2D eigenvalue weighted by Gasteiger charge is -2.22. The third-order valence-electron chi connectivity index (χ3n) is 11.7. The molecule has 5 nitrogen and oxygen atoms in total. The first kappa shape index (κ1) is 39.5. The molecule has 0 saturated heterocycles. The van der Waals surface area contributed by atoms with Gasteiger partial charge in [-0.3, -0.25) is 0 Å². The van der Waals surface area contributed by atoms with Gasteiger partial charge in [-0.15, -0.1) is 0 Å². The Bertz CT molecular complexity index is 3440. The maximum Gasteiger partial charge on any atom is 0.417 e. The molecule has 0 bridgehead atoms. The molecule has 0 amide bonds. The molecule has 0 N–H and O–H groups in total. The lowest BCUT2D eigenvalue weighted by Crippen LogP contribution is -2.15. The lowest BCUT2D eigenvalue weighted by molar-refractivity contribution is -0.142. The molecule has 11 heteroatoms. The highest BCUT2D eigenvalue weighted by molar-refractivity contribution is 6.12. The van der Waals surface area contributed by atoms with Crippen LogP contribution in [0.2, 0.25) is 0 Å². The van der Waals surface area contributed by atoms with Crippen molar-refractivity contribution in [1.29, 1.82) is 15.8 Å². The van der Waals surface area contributed by atoms with E-state index >= 15 is 26.3 Å². The van der Waals surface area contributed by atoms with E-state index < -0.39 is 34.6 Å². The van der Waals surface area contributed by atoms with Crippen LogP contribution in [0.3, 0.4) is 0 Å². The fourth-order valence-electron chi connectivity index (χ4n) is 8.85. The molecular weight excluding hydrogens is 821 g/mol. The number of fused-ring (bicyclic) bond motifs is 6. The number of nitrogens with zero attached hydrogens (tertiary/aromatic N) is 5. The highest BCUT2D eigenvalue weighted by atomic mass is 19.4. The van der Waals surface area contributed by atoms with Crippen molar-refractivity contribution in [3.8, 4) is 63.0 Å². The van der Waals surface area contributed by atoms with Crippen LogP contribution in [0, 0.1) is 34.0 Å². The zero-order chi connectivity index (χ0) is 44.5. The maximum absolute atomic E-state index is 15.1. The van der Waals surface area contributed by atoms with E-state index in [9.17, 15) is 15.8 Å². The van der Waals surface area contributed by atoms with Crippen molar-refractivity contribution in [2.24, 2.45) is 0 Å². The number of aromatic nitrogens is 2. The quantitative estimate of drug-likeness (QED) is 0.162. The van der Waals surface area contributed by atoms with Gasteiger partial charge in [0.1, 0.15) is 11.6 Å². The van der Waals surface area contributed by atoms with Gasteiger partial charge in [0.05, 0.1) is 67.8 Å². The van der Waals surface area contributed by atoms with E-state index in [1.54, 1.807) is 81.9 Å². The normalized spacial score (nSPS) is 11.9. The summed E-state index contributed by atoms with van der Waals surface area (Å²) in [6.07, 6.45) is -10.4. The first-order valence-electron chi connectivity index (χ1n) is 19.8. The summed E-state index contributed by atoms with van der Waals surface area (Å²) < 4.78 is 93.9. The van der Waals surface area contributed by atoms with Crippen LogP contribution in [0.4, 0.5) is 26.3 Å². The maximum atomic E-state index is 15.1. The summed E-state index contributed by atoms with van der Waals surface area (Å²) in [6.45, 7) is 0. The number of benzene rings is 8. The summed E-state index contributed by atoms with van der Waals surface area (Å²) in [5.41, 5.74) is 1.66. The lowest BCUT2D eigenvalue weighted by atomic mass is 9.91. The summed E-state index contributed by atoms with van der Waals surface area (Å²) in [5.74, 6) is 0. The van der Waals surface area contributed by atoms with Crippen molar-refractivity contribution >= 4 is 43.6 Å². The molecule has 64 heavy (non-hydrogen) atoms. The number of rotatable bonds is 5. The molecule has 2 heterocycles. The van der Waals surface area contributed by atoms with Gasteiger partial charge in [-0.05, 0) is 101 Å². The van der Waals surface area contributed by atoms with Crippen LogP contribution in [-0.2, 0) is 12.4 Å². The molecule has 8 aromatic carbocycles. The highest BCUT2D eigenvalue weighted by Crippen LogP contribution is 2.48. The van der Waals surface area contributed by atoms with Crippen molar-refractivity contribution in [1.82, 2.24) is 9.13 Å². The average molecular weight is 848 g/mol. The van der Waals surface area contributed by atoms with E-state index in [0.717, 1.165) is 49.9 Å². The first-order chi connectivity index (χ1) is 30.9. The van der Waals surface area contributed by atoms with Gasteiger partial charge in [0.15, 0.2) is 0 Å². The third-order valence-corrected chi connectivity index (χ3v) is 11.7. The Morgan fingerprint density at radius 2 is 0.750 bits per heavy atom. The van der Waals surface area contributed by atoms with Gasteiger partial charge < -0.3 is 9.13 Å². The molecule has 0 fully saturated rings. The molecule has 0 aliphatic rings. The second-order valence-corrected chi connectivity index (χ2v) is 15.3. The Morgan fingerprint density at radius 1 is 0.359 bits per heavy atom. The van der Waals surface area contributed by atoms with E-state index in [4.69, 9.17) is 0 Å². The van der Waals surface area contributed by atoms with Crippen molar-refractivity contribution in [2.45, 2.75) is 12.4 Å². The van der Waals surface area contributed by atoms with Gasteiger partial charge in [0, 0.05) is 27.1 Å². The predicted molar refractivity (Wildman–Crippen MR) is 236 cm³/mol. The SMILES string of the molecule is N#Cc1ccc(-c2ccc3c4ccccc4n(-c4cc(-c5c(C(F)(F)F)cccc5C(F)(F)F)cc(-n5c6ccccc6c6ccc(-c7ccc(C#N)cc7)cc65)c4C#N)c3c2)cc1. The van der Waals surface area contributed by atoms with E-state index in [1.165, 1.54) is 12.1 Å². The first-order valence-corrected chi connectivity index (χ1v) is 19.8. The number of hydrogen-bond donors (Lipinski definition) is 0. The van der Waals surface area contributed by atoms with E-state index in [0.29, 0.717) is 45.3 Å². The van der Waals surface area contributed by atoms with Gasteiger partial charge in [-0.25, -0.2) is 0 Å². The predicted octanol–water partition coefficient (Wildman–Crippen LogP) is 14.5. The molecule has 10 aromatic rings. The molecule has 0 spiro atoms.